The van der Waals surface area contributed by atoms with Gasteiger partial charge in [0.1, 0.15) is 6.17 Å². The summed E-state index contributed by atoms with van der Waals surface area (Å²) in [6.07, 6.45) is 0.427. The van der Waals surface area contributed by atoms with Crippen molar-refractivity contribution in [3.8, 4) is 0 Å². The van der Waals surface area contributed by atoms with E-state index in [0.717, 1.165) is 17.6 Å². The van der Waals surface area contributed by atoms with Crippen LogP contribution < -0.4 is 10.9 Å². The Kier molecular flexibility index (Phi) is 5.49. The van der Waals surface area contributed by atoms with E-state index in [4.69, 9.17) is 0 Å². The summed E-state index contributed by atoms with van der Waals surface area (Å²) in [4.78, 5) is 26.6. The minimum Gasteiger partial charge on any atom is -0.318 e. The Labute approximate surface area is 153 Å². The third-order valence-corrected chi connectivity index (χ3v) is 4.74. The van der Waals surface area contributed by atoms with Gasteiger partial charge in [0, 0.05) is 17.7 Å². The number of nitrogens with one attached hydrogen (secondary N) is 2. The van der Waals surface area contributed by atoms with Gasteiger partial charge in [-0.25, -0.2) is 5.43 Å². The van der Waals surface area contributed by atoms with Gasteiger partial charge in [-0.15, -0.1) is 0 Å². The number of hydrogen-bond donors (Lipinski definition) is 2. The first-order chi connectivity index (χ1) is 12.6. The molecule has 0 bridgehead atoms. The second-order valence-electron chi connectivity index (χ2n) is 6.41. The van der Waals surface area contributed by atoms with E-state index in [1.54, 1.807) is 17.0 Å². The molecule has 0 saturated heterocycles. The van der Waals surface area contributed by atoms with Crippen molar-refractivity contribution in [2.45, 2.75) is 26.4 Å². The summed E-state index contributed by atoms with van der Waals surface area (Å²) in [6, 6.07) is 19.0. The molecule has 2 aromatic rings. The van der Waals surface area contributed by atoms with Crippen LogP contribution in [-0.2, 0) is 11.2 Å². The number of benzene rings is 2. The van der Waals surface area contributed by atoms with Crippen molar-refractivity contribution >= 4 is 11.8 Å². The molecular formula is C21H23N3O2. The lowest BCUT2D eigenvalue weighted by Gasteiger charge is -2.27. The number of amides is 2. The van der Waals surface area contributed by atoms with Crippen molar-refractivity contribution in [1.82, 2.24) is 15.8 Å². The Morgan fingerprint density at radius 3 is 2.27 bits per heavy atom. The van der Waals surface area contributed by atoms with Crippen LogP contribution in [0.5, 0.6) is 0 Å². The van der Waals surface area contributed by atoms with Gasteiger partial charge in [0.25, 0.3) is 11.8 Å². The standard InChI is InChI=1S/C21H23N3O2/c1-15-16(2)21(26)24(14-13-17-9-5-3-6-10-17)19(15)22-23-20(25)18-11-7-4-8-12-18/h3-12,19,22H,13-14H2,1-2H3,(H,23,25)/t19-/m0/s1. The van der Waals surface area contributed by atoms with E-state index >= 15 is 0 Å². The minimum atomic E-state index is -0.334. The van der Waals surface area contributed by atoms with Crippen LogP contribution in [0.15, 0.2) is 71.8 Å². The molecule has 0 aromatic heterocycles. The molecular weight excluding hydrogens is 326 g/mol. The zero-order valence-electron chi connectivity index (χ0n) is 15.0. The van der Waals surface area contributed by atoms with E-state index in [0.29, 0.717) is 12.1 Å². The monoisotopic (exact) mass is 349 g/mol. The van der Waals surface area contributed by atoms with Crippen molar-refractivity contribution in [3.63, 3.8) is 0 Å². The van der Waals surface area contributed by atoms with Crippen LogP contribution in [0.4, 0.5) is 0 Å². The fourth-order valence-electron chi connectivity index (χ4n) is 3.05. The van der Waals surface area contributed by atoms with Crippen molar-refractivity contribution in [2.24, 2.45) is 0 Å². The molecule has 1 heterocycles. The lowest BCUT2D eigenvalue weighted by atomic mass is 10.1. The molecule has 5 nitrogen and oxygen atoms in total. The smallest absolute Gasteiger partial charge is 0.265 e. The van der Waals surface area contributed by atoms with E-state index in [9.17, 15) is 9.59 Å². The first-order valence-electron chi connectivity index (χ1n) is 8.71. The maximum absolute atomic E-state index is 12.6. The molecule has 2 amide bonds. The summed E-state index contributed by atoms with van der Waals surface area (Å²) < 4.78 is 0. The van der Waals surface area contributed by atoms with E-state index in [1.807, 2.05) is 62.4 Å². The van der Waals surface area contributed by atoms with Crippen LogP contribution in [-0.4, -0.2) is 29.4 Å². The van der Waals surface area contributed by atoms with E-state index in [1.165, 1.54) is 5.56 Å². The Morgan fingerprint density at radius 2 is 1.62 bits per heavy atom. The first-order valence-corrected chi connectivity index (χ1v) is 8.71. The van der Waals surface area contributed by atoms with Crippen LogP contribution in [0, 0.1) is 0 Å². The Balaban J connectivity index is 1.66. The molecule has 0 unspecified atom stereocenters. The highest BCUT2D eigenvalue weighted by atomic mass is 16.2. The average molecular weight is 349 g/mol. The number of hydrazine groups is 1. The van der Waals surface area contributed by atoms with E-state index < -0.39 is 0 Å². The molecule has 0 spiro atoms. The average Bonchev–Trinajstić information content (AvgIpc) is 2.89. The molecule has 1 atom stereocenters. The molecule has 5 heteroatoms. The van der Waals surface area contributed by atoms with Gasteiger partial charge in [-0.1, -0.05) is 48.5 Å². The van der Waals surface area contributed by atoms with Crippen LogP contribution in [0.1, 0.15) is 29.8 Å². The highest BCUT2D eigenvalue weighted by Crippen LogP contribution is 2.23. The summed E-state index contributed by atoms with van der Waals surface area (Å²) in [5.74, 6) is -0.219. The minimum absolute atomic E-state index is 0.00453. The second-order valence-corrected chi connectivity index (χ2v) is 6.41. The van der Waals surface area contributed by atoms with Crippen LogP contribution in [0.2, 0.25) is 0 Å². The Morgan fingerprint density at radius 1 is 1.00 bits per heavy atom. The maximum atomic E-state index is 12.6. The number of carbonyl (C=O) groups excluding carboxylic acids is 2. The molecule has 2 aromatic carbocycles. The van der Waals surface area contributed by atoms with Gasteiger partial charge in [-0.05, 0) is 43.5 Å². The molecule has 26 heavy (non-hydrogen) atoms. The SMILES string of the molecule is CC1=C(C)[C@@H](NNC(=O)c2ccccc2)N(CCc2ccccc2)C1=O. The quantitative estimate of drug-likeness (QED) is 0.788. The Hall–Kier alpha value is -2.92. The van der Waals surface area contributed by atoms with Gasteiger partial charge in [-0.2, -0.15) is 0 Å². The topological polar surface area (TPSA) is 61.4 Å². The fraction of sp³-hybridized carbons (Fsp3) is 0.238. The predicted octanol–water partition coefficient (Wildman–Crippen LogP) is 2.67. The summed E-state index contributed by atoms with van der Waals surface area (Å²) in [7, 11) is 0. The lowest BCUT2D eigenvalue weighted by Crippen LogP contribution is -2.53. The Bertz CT molecular complexity index is 816. The molecule has 1 aliphatic rings. The zero-order chi connectivity index (χ0) is 18.5. The number of carbonyl (C=O) groups is 2. The van der Waals surface area contributed by atoms with E-state index in [-0.39, 0.29) is 18.0 Å². The van der Waals surface area contributed by atoms with Crippen molar-refractivity contribution in [2.75, 3.05) is 6.54 Å². The predicted molar refractivity (Wildman–Crippen MR) is 101 cm³/mol. The molecule has 0 radical (unpaired) electrons. The largest absolute Gasteiger partial charge is 0.318 e. The van der Waals surface area contributed by atoms with Gasteiger partial charge in [0.2, 0.25) is 0 Å². The summed E-state index contributed by atoms with van der Waals surface area (Å²) in [5.41, 5.74) is 9.15. The summed E-state index contributed by atoms with van der Waals surface area (Å²) in [5, 5.41) is 0. The number of nitrogens with zero attached hydrogens (tertiary/aromatic N) is 1. The van der Waals surface area contributed by atoms with Crippen LogP contribution >= 0.6 is 0 Å². The highest BCUT2D eigenvalue weighted by molar-refractivity contribution is 5.97. The first kappa shape index (κ1) is 17.9. The maximum Gasteiger partial charge on any atom is 0.265 e. The molecule has 0 saturated carbocycles. The number of hydrogen-bond acceptors (Lipinski definition) is 3. The molecule has 2 N–H and O–H groups in total. The molecule has 1 aliphatic heterocycles. The number of rotatable bonds is 6. The van der Waals surface area contributed by atoms with Crippen molar-refractivity contribution < 1.29 is 9.59 Å². The summed E-state index contributed by atoms with van der Waals surface area (Å²) in [6.45, 7) is 4.33. The zero-order valence-corrected chi connectivity index (χ0v) is 15.0. The third-order valence-electron chi connectivity index (χ3n) is 4.74. The molecule has 0 fully saturated rings. The van der Waals surface area contributed by atoms with Crippen molar-refractivity contribution in [1.29, 1.82) is 0 Å². The normalized spacial score (nSPS) is 16.9. The van der Waals surface area contributed by atoms with Crippen molar-refractivity contribution in [3.05, 3.63) is 82.9 Å². The van der Waals surface area contributed by atoms with Gasteiger partial charge >= 0.3 is 0 Å². The lowest BCUT2D eigenvalue weighted by molar-refractivity contribution is -0.127. The second kappa shape index (κ2) is 7.97. The molecule has 0 aliphatic carbocycles. The van der Waals surface area contributed by atoms with Gasteiger partial charge in [0.15, 0.2) is 0 Å². The fourth-order valence-corrected chi connectivity index (χ4v) is 3.05. The molecule has 3 rings (SSSR count). The summed E-state index contributed by atoms with van der Waals surface area (Å²) >= 11 is 0. The van der Waals surface area contributed by atoms with Gasteiger partial charge < -0.3 is 4.90 Å². The van der Waals surface area contributed by atoms with Gasteiger partial charge in [0.05, 0.1) is 0 Å². The highest BCUT2D eigenvalue weighted by Gasteiger charge is 2.34. The van der Waals surface area contributed by atoms with Crippen LogP contribution in [0.3, 0.4) is 0 Å². The molecule has 134 valence electrons. The van der Waals surface area contributed by atoms with Gasteiger partial charge in [-0.3, -0.25) is 15.0 Å². The van der Waals surface area contributed by atoms with E-state index in [2.05, 4.69) is 10.9 Å². The van der Waals surface area contributed by atoms with Crippen LogP contribution in [0.25, 0.3) is 0 Å². The third kappa shape index (κ3) is 3.83.